The van der Waals surface area contributed by atoms with Crippen molar-refractivity contribution in [2.45, 2.75) is 19.9 Å². The average molecular weight is 384 g/mol. The van der Waals surface area contributed by atoms with E-state index in [0.29, 0.717) is 0 Å². The lowest BCUT2D eigenvalue weighted by Crippen LogP contribution is -2.27. The number of fused-ring (bicyclic) bond motifs is 3. The van der Waals surface area contributed by atoms with Gasteiger partial charge < -0.3 is 9.47 Å². The van der Waals surface area contributed by atoms with Gasteiger partial charge >= 0.3 is 0 Å². The third-order valence-electron chi connectivity index (χ3n) is 5.99. The van der Waals surface area contributed by atoms with Crippen molar-refractivity contribution in [3.63, 3.8) is 0 Å². The summed E-state index contributed by atoms with van der Waals surface area (Å²) in [5.41, 5.74) is 7.59. The van der Waals surface area contributed by atoms with Crippen LogP contribution < -0.4 is 5.56 Å². The van der Waals surface area contributed by atoms with Gasteiger partial charge in [-0.15, -0.1) is 0 Å². The summed E-state index contributed by atoms with van der Waals surface area (Å²) in [4.78, 5) is 19.6. The molecule has 29 heavy (non-hydrogen) atoms. The summed E-state index contributed by atoms with van der Waals surface area (Å²) in [6.07, 6.45) is 4.74. The van der Waals surface area contributed by atoms with E-state index in [1.807, 2.05) is 43.6 Å². The second kappa shape index (κ2) is 6.71. The normalized spacial score (nSPS) is 14.3. The predicted octanol–water partition coefficient (Wildman–Crippen LogP) is 3.69. The van der Waals surface area contributed by atoms with E-state index < -0.39 is 0 Å². The minimum Gasteiger partial charge on any atom is -0.346 e. The van der Waals surface area contributed by atoms with Crippen molar-refractivity contribution in [1.82, 2.24) is 19.0 Å². The second-order valence-electron chi connectivity index (χ2n) is 8.02. The summed E-state index contributed by atoms with van der Waals surface area (Å²) in [5, 5.41) is 1.30. The van der Waals surface area contributed by atoms with E-state index in [-0.39, 0.29) is 5.56 Å². The van der Waals surface area contributed by atoms with Crippen molar-refractivity contribution in [3.05, 3.63) is 82.0 Å². The van der Waals surface area contributed by atoms with Crippen LogP contribution in [0.1, 0.15) is 16.8 Å². The maximum atomic E-state index is 12.9. The molecule has 0 saturated heterocycles. The van der Waals surface area contributed by atoms with Crippen LogP contribution in [0, 0.1) is 6.92 Å². The molecule has 0 saturated carbocycles. The SMILES string of the molecule is Cc1ccc(-c2ccn(-c3ccc4c5c(n(C)c4c3)CN(C)CC5)c(=O)c2)nc1. The molecule has 5 rings (SSSR count). The highest BCUT2D eigenvalue weighted by Crippen LogP contribution is 2.31. The summed E-state index contributed by atoms with van der Waals surface area (Å²) in [6, 6.07) is 13.9. The molecule has 0 unspecified atom stereocenters. The average Bonchev–Trinajstić information content (AvgIpc) is 2.99. The highest BCUT2D eigenvalue weighted by atomic mass is 16.1. The van der Waals surface area contributed by atoms with Crippen molar-refractivity contribution in [1.29, 1.82) is 0 Å². The monoisotopic (exact) mass is 384 g/mol. The molecule has 0 atom stereocenters. The molecule has 4 aromatic rings. The Morgan fingerprint density at radius 3 is 2.66 bits per heavy atom. The van der Waals surface area contributed by atoms with Crippen molar-refractivity contribution in [3.8, 4) is 16.9 Å². The molecule has 5 nitrogen and oxygen atoms in total. The molecule has 1 aromatic carbocycles. The minimum absolute atomic E-state index is 0.0528. The van der Waals surface area contributed by atoms with Crippen LogP contribution in [0.4, 0.5) is 0 Å². The third kappa shape index (κ3) is 2.98. The fourth-order valence-corrected chi connectivity index (χ4v) is 4.31. The molecule has 0 aliphatic carbocycles. The number of hydrogen-bond donors (Lipinski definition) is 0. The number of rotatable bonds is 2. The highest BCUT2D eigenvalue weighted by molar-refractivity contribution is 5.87. The van der Waals surface area contributed by atoms with Crippen LogP contribution in [0.25, 0.3) is 27.8 Å². The molecule has 0 N–H and O–H groups in total. The van der Waals surface area contributed by atoms with Crippen molar-refractivity contribution in [2.75, 3.05) is 13.6 Å². The number of aromatic nitrogens is 3. The number of nitrogens with zero attached hydrogens (tertiary/aromatic N) is 4. The molecular weight excluding hydrogens is 360 g/mol. The summed E-state index contributed by atoms with van der Waals surface area (Å²) in [5.74, 6) is 0. The van der Waals surface area contributed by atoms with Crippen LogP contribution >= 0.6 is 0 Å². The number of hydrogen-bond acceptors (Lipinski definition) is 3. The molecule has 5 heteroatoms. The van der Waals surface area contributed by atoms with Crippen molar-refractivity contribution < 1.29 is 0 Å². The first kappa shape index (κ1) is 17.9. The van der Waals surface area contributed by atoms with Gasteiger partial charge in [-0.2, -0.15) is 0 Å². The van der Waals surface area contributed by atoms with Gasteiger partial charge in [0.05, 0.1) is 16.9 Å². The Hall–Kier alpha value is -3.18. The topological polar surface area (TPSA) is 43.1 Å². The first-order chi connectivity index (χ1) is 14.0. The molecule has 0 amide bonds. The molecule has 0 spiro atoms. The molecule has 4 heterocycles. The van der Waals surface area contributed by atoms with Crippen LogP contribution in [0.15, 0.2) is 59.7 Å². The summed E-state index contributed by atoms with van der Waals surface area (Å²) in [7, 11) is 4.29. The lowest BCUT2D eigenvalue weighted by Gasteiger charge is -2.23. The van der Waals surface area contributed by atoms with E-state index >= 15 is 0 Å². The Balaban J connectivity index is 1.58. The molecule has 0 radical (unpaired) electrons. The van der Waals surface area contributed by atoms with Gasteiger partial charge in [0.15, 0.2) is 0 Å². The maximum absolute atomic E-state index is 12.9. The van der Waals surface area contributed by atoms with Gasteiger partial charge in [-0.1, -0.05) is 12.1 Å². The first-order valence-electron chi connectivity index (χ1n) is 9.96. The van der Waals surface area contributed by atoms with Gasteiger partial charge in [-0.05, 0) is 55.8 Å². The molecule has 3 aromatic heterocycles. The molecule has 146 valence electrons. The van der Waals surface area contributed by atoms with Gasteiger partial charge in [0, 0.05) is 55.2 Å². The number of benzene rings is 1. The van der Waals surface area contributed by atoms with Crippen LogP contribution in [0.2, 0.25) is 0 Å². The first-order valence-corrected chi connectivity index (χ1v) is 9.96. The lowest BCUT2D eigenvalue weighted by molar-refractivity contribution is 0.305. The zero-order chi connectivity index (χ0) is 20.1. The van der Waals surface area contributed by atoms with Gasteiger partial charge in [-0.3, -0.25) is 14.3 Å². The minimum atomic E-state index is -0.0528. The smallest absolute Gasteiger partial charge is 0.255 e. The quantitative estimate of drug-likeness (QED) is 0.529. The molecular formula is C24H24N4O. The summed E-state index contributed by atoms with van der Waals surface area (Å²) >= 11 is 0. The zero-order valence-electron chi connectivity index (χ0n) is 17.0. The standard InChI is InChI=1S/C24H24N4O/c1-16-4-7-21(25-14-16)17-8-11-28(24(29)12-17)18-5-6-19-20-9-10-26(2)15-23(20)27(3)22(19)13-18/h4-8,11-14H,9-10,15H2,1-3H3. The van der Waals surface area contributed by atoms with Crippen LogP contribution in [0.3, 0.4) is 0 Å². The molecule has 0 fully saturated rings. The Bertz CT molecular complexity index is 1280. The van der Waals surface area contributed by atoms with Crippen LogP contribution in [-0.4, -0.2) is 32.6 Å². The number of likely N-dealkylation sites (N-methyl/N-ethyl adjacent to an activating group) is 1. The Labute approximate surface area is 169 Å². The summed E-state index contributed by atoms with van der Waals surface area (Å²) in [6.45, 7) is 4.06. The van der Waals surface area contributed by atoms with Gasteiger partial charge in [0.1, 0.15) is 0 Å². The number of aryl methyl sites for hydroxylation is 2. The van der Waals surface area contributed by atoms with E-state index in [2.05, 4.69) is 40.7 Å². The second-order valence-corrected chi connectivity index (χ2v) is 8.02. The largest absolute Gasteiger partial charge is 0.346 e. The molecule has 1 aliphatic heterocycles. The fourth-order valence-electron chi connectivity index (χ4n) is 4.31. The molecule has 1 aliphatic rings. The fraction of sp³-hybridized carbons (Fsp3) is 0.250. The zero-order valence-corrected chi connectivity index (χ0v) is 17.0. The van der Waals surface area contributed by atoms with E-state index in [1.165, 1.54) is 22.2 Å². The van der Waals surface area contributed by atoms with E-state index in [0.717, 1.165) is 42.0 Å². The molecule has 0 bridgehead atoms. The van der Waals surface area contributed by atoms with E-state index in [9.17, 15) is 4.79 Å². The predicted molar refractivity (Wildman–Crippen MR) is 117 cm³/mol. The summed E-state index contributed by atoms with van der Waals surface area (Å²) < 4.78 is 3.98. The van der Waals surface area contributed by atoms with Crippen molar-refractivity contribution >= 4 is 10.9 Å². The van der Waals surface area contributed by atoms with Crippen LogP contribution in [-0.2, 0) is 20.0 Å². The van der Waals surface area contributed by atoms with E-state index in [4.69, 9.17) is 0 Å². The Morgan fingerprint density at radius 2 is 1.90 bits per heavy atom. The van der Waals surface area contributed by atoms with Crippen LogP contribution in [0.5, 0.6) is 0 Å². The van der Waals surface area contributed by atoms with Gasteiger partial charge in [0.25, 0.3) is 5.56 Å². The van der Waals surface area contributed by atoms with Gasteiger partial charge in [-0.25, -0.2) is 0 Å². The lowest BCUT2D eigenvalue weighted by atomic mass is 10.0. The Morgan fingerprint density at radius 1 is 1.03 bits per heavy atom. The van der Waals surface area contributed by atoms with Gasteiger partial charge in [0.2, 0.25) is 0 Å². The maximum Gasteiger partial charge on any atom is 0.255 e. The number of pyridine rings is 2. The van der Waals surface area contributed by atoms with E-state index in [1.54, 1.807) is 10.6 Å². The Kier molecular flexibility index (Phi) is 4.14. The highest BCUT2D eigenvalue weighted by Gasteiger charge is 2.21. The third-order valence-corrected chi connectivity index (χ3v) is 5.99. The van der Waals surface area contributed by atoms with Crippen molar-refractivity contribution in [2.24, 2.45) is 7.05 Å².